The van der Waals surface area contributed by atoms with Gasteiger partial charge >= 0.3 is 0 Å². The van der Waals surface area contributed by atoms with Crippen molar-refractivity contribution in [1.29, 1.82) is 0 Å². The Bertz CT molecular complexity index is 1100. The van der Waals surface area contributed by atoms with E-state index in [0.29, 0.717) is 4.70 Å². The molecule has 0 saturated heterocycles. The van der Waals surface area contributed by atoms with Crippen LogP contribution in [0.4, 0.5) is 13.9 Å². The molecule has 0 unspecified atom stereocenters. The van der Waals surface area contributed by atoms with Gasteiger partial charge < -0.3 is 0 Å². The molecule has 0 aliphatic rings. The highest BCUT2D eigenvalue weighted by molar-refractivity contribution is 7.22. The number of anilines is 1. The van der Waals surface area contributed by atoms with Crippen molar-refractivity contribution in [2.75, 3.05) is 4.90 Å². The predicted molar refractivity (Wildman–Crippen MR) is 96.3 cm³/mol. The second-order valence-electron chi connectivity index (χ2n) is 5.57. The van der Waals surface area contributed by atoms with Crippen molar-refractivity contribution in [2.45, 2.75) is 6.54 Å². The molecule has 3 aromatic heterocycles. The zero-order valence-corrected chi connectivity index (χ0v) is 14.5. The Labute approximate surface area is 156 Å². The summed E-state index contributed by atoms with van der Waals surface area (Å²) in [4.78, 5) is 30.5. The molecule has 6 nitrogen and oxygen atoms in total. The number of carbonyl (C=O) groups excluding carboxylic acids is 1. The van der Waals surface area contributed by atoms with Gasteiger partial charge in [-0.1, -0.05) is 17.4 Å². The Morgan fingerprint density at radius 3 is 2.70 bits per heavy atom. The maximum absolute atomic E-state index is 14.0. The van der Waals surface area contributed by atoms with Crippen LogP contribution >= 0.6 is 11.3 Å². The second-order valence-corrected chi connectivity index (χ2v) is 6.58. The van der Waals surface area contributed by atoms with E-state index in [-0.39, 0.29) is 22.9 Å². The Morgan fingerprint density at radius 2 is 1.96 bits per heavy atom. The summed E-state index contributed by atoms with van der Waals surface area (Å²) < 4.78 is 27.9. The van der Waals surface area contributed by atoms with Crippen LogP contribution in [-0.4, -0.2) is 25.8 Å². The highest BCUT2D eigenvalue weighted by atomic mass is 32.1. The summed E-state index contributed by atoms with van der Waals surface area (Å²) in [5, 5.41) is 0.231. The number of carbonyl (C=O) groups is 1. The van der Waals surface area contributed by atoms with Crippen molar-refractivity contribution in [2.24, 2.45) is 0 Å². The number of hydrogen-bond acceptors (Lipinski definition) is 6. The molecule has 0 spiro atoms. The summed E-state index contributed by atoms with van der Waals surface area (Å²) >= 11 is 1.02. The first-order chi connectivity index (χ1) is 13.1. The highest BCUT2D eigenvalue weighted by Crippen LogP contribution is 2.32. The third-order valence-corrected chi connectivity index (χ3v) is 4.75. The summed E-state index contributed by atoms with van der Waals surface area (Å²) in [6, 6.07) is 5.50. The van der Waals surface area contributed by atoms with Crippen LogP contribution < -0.4 is 4.90 Å². The van der Waals surface area contributed by atoms with Crippen LogP contribution in [0.25, 0.3) is 10.2 Å². The van der Waals surface area contributed by atoms with Gasteiger partial charge in [0.05, 0.1) is 17.4 Å². The van der Waals surface area contributed by atoms with E-state index in [1.807, 2.05) is 0 Å². The third kappa shape index (κ3) is 3.49. The van der Waals surface area contributed by atoms with E-state index in [0.717, 1.165) is 23.0 Å². The molecule has 27 heavy (non-hydrogen) atoms. The highest BCUT2D eigenvalue weighted by Gasteiger charge is 2.24. The maximum Gasteiger partial charge on any atom is 0.280 e. The number of halogens is 2. The molecule has 0 N–H and O–H groups in total. The van der Waals surface area contributed by atoms with Gasteiger partial charge in [-0.3, -0.25) is 19.7 Å². The minimum absolute atomic E-state index is 0.0135. The third-order valence-electron chi connectivity index (χ3n) is 3.72. The molecule has 0 aliphatic heterocycles. The van der Waals surface area contributed by atoms with E-state index < -0.39 is 17.5 Å². The second kappa shape index (κ2) is 7.12. The number of hydrogen-bond donors (Lipinski definition) is 0. The van der Waals surface area contributed by atoms with Gasteiger partial charge in [-0.15, -0.1) is 0 Å². The number of pyridine rings is 1. The van der Waals surface area contributed by atoms with Crippen molar-refractivity contribution in [3.63, 3.8) is 0 Å². The minimum atomic E-state index is -0.777. The maximum atomic E-state index is 14.0. The van der Waals surface area contributed by atoms with Crippen LogP contribution in [0.2, 0.25) is 0 Å². The average Bonchev–Trinajstić information content (AvgIpc) is 3.11. The van der Waals surface area contributed by atoms with Gasteiger partial charge in [0.2, 0.25) is 0 Å². The number of nitrogens with zero attached hydrogens (tertiary/aromatic N) is 5. The van der Waals surface area contributed by atoms with Crippen LogP contribution in [0, 0.1) is 11.6 Å². The average molecular weight is 383 g/mol. The summed E-state index contributed by atoms with van der Waals surface area (Å²) in [6.45, 7) is 0.146. The monoisotopic (exact) mass is 383 g/mol. The summed E-state index contributed by atoms with van der Waals surface area (Å²) in [5.41, 5.74) is 0.882. The van der Waals surface area contributed by atoms with Gasteiger partial charge in [-0.05, 0) is 17.7 Å². The van der Waals surface area contributed by atoms with E-state index >= 15 is 0 Å². The molecule has 0 radical (unpaired) electrons. The quantitative estimate of drug-likeness (QED) is 0.538. The van der Waals surface area contributed by atoms with Gasteiger partial charge in [0.15, 0.2) is 10.9 Å². The Morgan fingerprint density at radius 1 is 1.11 bits per heavy atom. The minimum Gasteiger partial charge on any atom is -0.278 e. The Kier molecular flexibility index (Phi) is 4.51. The fraction of sp³-hybridized carbons (Fsp3) is 0.0556. The molecule has 0 saturated carbocycles. The molecule has 134 valence electrons. The van der Waals surface area contributed by atoms with E-state index in [4.69, 9.17) is 0 Å². The van der Waals surface area contributed by atoms with Gasteiger partial charge in [0.1, 0.15) is 17.0 Å². The predicted octanol–water partition coefficient (Wildman–Crippen LogP) is 3.61. The van der Waals surface area contributed by atoms with Crippen molar-refractivity contribution in [3.05, 3.63) is 78.1 Å². The van der Waals surface area contributed by atoms with E-state index in [2.05, 4.69) is 19.9 Å². The molecule has 0 fully saturated rings. The number of aromatic nitrogens is 4. The van der Waals surface area contributed by atoms with E-state index in [1.165, 1.54) is 29.6 Å². The molecule has 1 aromatic carbocycles. The smallest absolute Gasteiger partial charge is 0.278 e. The SMILES string of the molecule is O=C(c1cnccn1)N(Cc1cccnc1)c1nc2c(F)cc(F)cc2s1. The largest absolute Gasteiger partial charge is 0.280 e. The number of thiazole rings is 1. The van der Waals surface area contributed by atoms with Crippen molar-refractivity contribution in [1.82, 2.24) is 19.9 Å². The molecule has 4 rings (SSSR count). The molecule has 1 amide bonds. The molecule has 9 heteroatoms. The lowest BCUT2D eigenvalue weighted by atomic mass is 10.2. The molecule has 0 atom stereocenters. The number of benzene rings is 1. The number of rotatable bonds is 4. The van der Waals surface area contributed by atoms with Crippen molar-refractivity contribution < 1.29 is 13.6 Å². The first kappa shape index (κ1) is 17.1. The van der Waals surface area contributed by atoms with Gasteiger partial charge in [-0.2, -0.15) is 0 Å². The van der Waals surface area contributed by atoms with Gasteiger partial charge in [0.25, 0.3) is 5.91 Å². The van der Waals surface area contributed by atoms with Crippen LogP contribution in [-0.2, 0) is 6.54 Å². The molecule has 3 heterocycles. The van der Waals surface area contributed by atoms with Crippen LogP contribution in [0.3, 0.4) is 0 Å². The Balaban J connectivity index is 1.80. The summed E-state index contributed by atoms with van der Waals surface area (Å²) in [5.74, 6) is -1.93. The first-order valence-electron chi connectivity index (χ1n) is 7.84. The van der Waals surface area contributed by atoms with Gasteiger partial charge in [0, 0.05) is 30.9 Å². The molecular weight excluding hydrogens is 372 g/mol. The van der Waals surface area contributed by atoms with Crippen LogP contribution in [0.5, 0.6) is 0 Å². The molecule has 4 aromatic rings. The standard InChI is InChI=1S/C18H11F2N5OS/c19-12-6-13(20)16-15(7-12)27-18(24-16)25(10-11-2-1-3-21-8-11)17(26)14-9-22-4-5-23-14/h1-9H,10H2. The molecule has 0 bridgehead atoms. The lowest BCUT2D eigenvalue weighted by molar-refractivity contribution is 0.0980. The molecular formula is C18H11F2N5OS. The zero-order valence-electron chi connectivity index (χ0n) is 13.7. The summed E-state index contributed by atoms with van der Waals surface area (Å²) in [7, 11) is 0. The normalized spacial score (nSPS) is 10.9. The molecule has 0 aliphatic carbocycles. The van der Waals surface area contributed by atoms with Crippen molar-refractivity contribution >= 4 is 32.6 Å². The lowest BCUT2D eigenvalue weighted by Crippen LogP contribution is -2.31. The number of fused-ring (bicyclic) bond motifs is 1. The van der Waals surface area contributed by atoms with E-state index in [1.54, 1.807) is 24.5 Å². The fourth-order valence-electron chi connectivity index (χ4n) is 2.51. The van der Waals surface area contributed by atoms with Crippen LogP contribution in [0.15, 0.2) is 55.2 Å². The topological polar surface area (TPSA) is 71.9 Å². The lowest BCUT2D eigenvalue weighted by Gasteiger charge is -2.19. The fourth-order valence-corrected chi connectivity index (χ4v) is 3.51. The van der Waals surface area contributed by atoms with E-state index in [9.17, 15) is 13.6 Å². The first-order valence-corrected chi connectivity index (χ1v) is 8.66. The van der Waals surface area contributed by atoms with Crippen molar-refractivity contribution in [3.8, 4) is 0 Å². The van der Waals surface area contributed by atoms with Gasteiger partial charge in [-0.25, -0.2) is 18.7 Å². The zero-order chi connectivity index (χ0) is 18.8. The summed E-state index contributed by atoms with van der Waals surface area (Å²) in [6.07, 6.45) is 7.44. The number of amides is 1. The Hall–Kier alpha value is -3.33. The van der Waals surface area contributed by atoms with Crippen LogP contribution in [0.1, 0.15) is 16.1 Å².